The van der Waals surface area contributed by atoms with E-state index in [1.165, 1.54) is 0 Å². The Morgan fingerprint density at radius 2 is 2.23 bits per heavy atom. The van der Waals surface area contributed by atoms with E-state index in [0.717, 1.165) is 25.7 Å². The Balaban J connectivity index is 2.15. The molecule has 4 heteroatoms. The topological polar surface area (TPSA) is 50.7 Å². The van der Waals surface area contributed by atoms with E-state index in [1.807, 2.05) is 6.92 Å². The summed E-state index contributed by atoms with van der Waals surface area (Å²) in [4.78, 5) is 15.9. The molecule has 4 nitrogen and oxygen atoms in total. The molecule has 1 aliphatic carbocycles. The molecule has 1 spiro atoms. The molecule has 2 rings (SSSR count). The smallest absolute Gasteiger partial charge is 0.292 e. The number of amidine groups is 1. The number of hydrogen-bond acceptors (Lipinski definition) is 3. The highest BCUT2D eigenvalue weighted by Gasteiger charge is 2.46. The molecule has 0 unspecified atom stereocenters. The average molecular weight is 182 g/mol. The molecule has 1 heterocycles. The van der Waals surface area contributed by atoms with Crippen molar-refractivity contribution in [2.24, 2.45) is 4.99 Å². The van der Waals surface area contributed by atoms with Crippen molar-refractivity contribution >= 4 is 11.9 Å². The molecule has 1 aliphatic heterocycles. The van der Waals surface area contributed by atoms with Crippen molar-refractivity contribution in [2.75, 3.05) is 6.61 Å². The fraction of sp³-hybridized carbons (Fsp3) is 0.778. The van der Waals surface area contributed by atoms with Crippen LogP contribution in [0.1, 0.15) is 32.6 Å². The van der Waals surface area contributed by atoms with E-state index >= 15 is 0 Å². The van der Waals surface area contributed by atoms with E-state index in [9.17, 15) is 4.79 Å². The van der Waals surface area contributed by atoms with Gasteiger partial charge in [0.15, 0.2) is 0 Å². The predicted molar refractivity (Wildman–Crippen MR) is 48.4 cm³/mol. The molecule has 13 heavy (non-hydrogen) atoms. The third-order valence-corrected chi connectivity index (χ3v) is 2.67. The van der Waals surface area contributed by atoms with Gasteiger partial charge in [-0.15, -0.1) is 0 Å². The maximum atomic E-state index is 11.6. The van der Waals surface area contributed by atoms with Crippen LogP contribution < -0.4 is 5.32 Å². The molecule has 0 atom stereocenters. The summed E-state index contributed by atoms with van der Waals surface area (Å²) in [6.45, 7) is 2.43. The molecule has 72 valence electrons. The number of hydrogen-bond donors (Lipinski definition) is 1. The van der Waals surface area contributed by atoms with Crippen LogP contribution in [-0.2, 0) is 9.53 Å². The summed E-state index contributed by atoms with van der Waals surface area (Å²) in [7, 11) is 0. The van der Waals surface area contributed by atoms with Crippen LogP contribution in [0.2, 0.25) is 0 Å². The molecule has 1 saturated carbocycles. The van der Waals surface area contributed by atoms with Gasteiger partial charge >= 0.3 is 0 Å². The van der Waals surface area contributed by atoms with Gasteiger partial charge in [-0.1, -0.05) is 12.8 Å². The second-order valence-electron chi connectivity index (χ2n) is 3.54. The van der Waals surface area contributed by atoms with Crippen LogP contribution in [0.25, 0.3) is 0 Å². The molecule has 1 fully saturated rings. The van der Waals surface area contributed by atoms with Gasteiger partial charge in [0.1, 0.15) is 5.54 Å². The minimum absolute atomic E-state index is 0.0217. The Bertz CT molecular complexity index is 254. The first kappa shape index (κ1) is 8.53. The molecule has 1 N–H and O–H groups in total. The molecular weight excluding hydrogens is 168 g/mol. The van der Waals surface area contributed by atoms with E-state index in [0.29, 0.717) is 12.6 Å². The number of aliphatic imine (C=N–C) groups is 1. The zero-order valence-corrected chi connectivity index (χ0v) is 7.80. The lowest BCUT2D eigenvalue weighted by Gasteiger charge is -2.13. The highest BCUT2D eigenvalue weighted by Crippen LogP contribution is 2.35. The van der Waals surface area contributed by atoms with E-state index in [2.05, 4.69) is 10.3 Å². The Labute approximate surface area is 77.4 Å². The van der Waals surface area contributed by atoms with Crippen LogP contribution in [0.3, 0.4) is 0 Å². The molecule has 1 amide bonds. The van der Waals surface area contributed by atoms with Gasteiger partial charge in [-0.05, 0) is 19.8 Å². The standard InChI is InChI=1S/C9H14N2O2/c1-2-13-8-10-7(12)9(11-8)5-3-4-6-9/h2-6H2,1H3,(H,10,11,12). The molecule has 0 radical (unpaired) electrons. The molecule has 0 aromatic rings. The molecule has 0 aromatic heterocycles. The summed E-state index contributed by atoms with van der Waals surface area (Å²) in [5, 5.41) is 2.68. The Morgan fingerprint density at radius 1 is 1.54 bits per heavy atom. The fourth-order valence-corrected chi connectivity index (χ4v) is 1.99. The minimum Gasteiger partial charge on any atom is -0.465 e. The van der Waals surface area contributed by atoms with Crippen LogP contribution in [0.15, 0.2) is 4.99 Å². The first-order valence-corrected chi connectivity index (χ1v) is 4.81. The van der Waals surface area contributed by atoms with E-state index in [4.69, 9.17) is 4.74 Å². The molecular formula is C9H14N2O2. The average Bonchev–Trinajstić information content (AvgIpc) is 2.64. The molecule has 0 bridgehead atoms. The predicted octanol–water partition coefficient (Wildman–Crippen LogP) is 0.821. The largest absolute Gasteiger partial charge is 0.465 e. The zero-order valence-electron chi connectivity index (χ0n) is 7.80. The van der Waals surface area contributed by atoms with Gasteiger partial charge < -0.3 is 4.74 Å². The normalized spacial score (nSPS) is 24.7. The van der Waals surface area contributed by atoms with Gasteiger partial charge in [0.2, 0.25) is 0 Å². The van der Waals surface area contributed by atoms with Gasteiger partial charge in [0.25, 0.3) is 11.9 Å². The first-order valence-electron chi connectivity index (χ1n) is 4.81. The van der Waals surface area contributed by atoms with E-state index in [1.54, 1.807) is 0 Å². The minimum atomic E-state index is -0.468. The van der Waals surface area contributed by atoms with Gasteiger partial charge in [-0.25, -0.2) is 4.99 Å². The lowest BCUT2D eigenvalue weighted by atomic mass is 9.99. The van der Waals surface area contributed by atoms with Crippen molar-refractivity contribution in [2.45, 2.75) is 38.1 Å². The van der Waals surface area contributed by atoms with Crippen LogP contribution in [0.4, 0.5) is 0 Å². The monoisotopic (exact) mass is 182 g/mol. The second kappa shape index (κ2) is 3.01. The SMILES string of the molecule is CCOC1=NC2(CCCC2)C(=O)N1. The lowest BCUT2D eigenvalue weighted by molar-refractivity contribution is -0.123. The highest BCUT2D eigenvalue weighted by atomic mass is 16.5. The van der Waals surface area contributed by atoms with Crippen molar-refractivity contribution in [1.82, 2.24) is 5.32 Å². The summed E-state index contributed by atoms with van der Waals surface area (Å²) >= 11 is 0. The van der Waals surface area contributed by atoms with Crippen LogP contribution >= 0.6 is 0 Å². The van der Waals surface area contributed by atoms with Gasteiger partial charge in [0, 0.05) is 0 Å². The van der Waals surface area contributed by atoms with Crippen molar-refractivity contribution in [3.05, 3.63) is 0 Å². The third kappa shape index (κ3) is 1.30. The lowest BCUT2D eigenvalue weighted by Crippen LogP contribution is -2.37. The fourth-order valence-electron chi connectivity index (χ4n) is 1.99. The van der Waals surface area contributed by atoms with Crippen molar-refractivity contribution in [3.63, 3.8) is 0 Å². The quantitative estimate of drug-likeness (QED) is 0.652. The zero-order chi connectivity index (χ0) is 9.31. The van der Waals surface area contributed by atoms with E-state index in [-0.39, 0.29) is 5.91 Å². The number of rotatable bonds is 1. The summed E-state index contributed by atoms with van der Waals surface area (Å²) in [6, 6.07) is 0.411. The molecule has 0 aromatic carbocycles. The number of amides is 1. The molecule has 2 aliphatic rings. The third-order valence-electron chi connectivity index (χ3n) is 2.67. The maximum Gasteiger partial charge on any atom is 0.292 e. The first-order chi connectivity index (χ1) is 6.27. The van der Waals surface area contributed by atoms with Crippen LogP contribution in [0.5, 0.6) is 0 Å². The van der Waals surface area contributed by atoms with Crippen molar-refractivity contribution in [1.29, 1.82) is 0 Å². The second-order valence-corrected chi connectivity index (χ2v) is 3.54. The Morgan fingerprint density at radius 3 is 2.85 bits per heavy atom. The number of ether oxygens (including phenoxy) is 1. The number of carbonyl (C=O) groups is 1. The van der Waals surface area contributed by atoms with Crippen molar-refractivity contribution < 1.29 is 9.53 Å². The Hall–Kier alpha value is -1.06. The van der Waals surface area contributed by atoms with Crippen molar-refractivity contribution in [3.8, 4) is 0 Å². The van der Waals surface area contributed by atoms with Gasteiger partial charge in [0.05, 0.1) is 6.61 Å². The number of carbonyl (C=O) groups excluding carboxylic acids is 1. The molecule has 0 saturated heterocycles. The number of nitrogens with one attached hydrogen (secondary N) is 1. The highest BCUT2D eigenvalue weighted by molar-refractivity contribution is 6.05. The summed E-state index contributed by atoms with van der Waals surface area (Å²) in [5.74, 6) is 0.0217. The maximum absolute atomic E-state index is 11.6. The van der Waals surface area contributed by atoms with E-state index < -0.39 is 5.54 Å². The van der Waals surface area contributed by atoms with Gasteiger partial charge in [-0.3, -0.25) is 10.1 Å². The summed E-state index contributed by atoms with van der Waals surface area (Å²) < 4.78 is 5.18. The Kier molecular flexibility index (Phi) is 1.98. The summed E-state index contributed by atoms with van der Waals surface area (Å²) in [5.41, 5.74) is -0.468. The van der Waals surface area contributed by atoms with Crippen LogP contribution in [-0.4, -0.2) is 24.1 Å². The van der Waals surface area contributed by atoms with Crippen LogP contribution in [0, 0.1) is 0 Å². The van der Waals surface area contributed by atoms with Gasteiger partial charge in [-0.2, -0.15) is 0 Å². The number of nitrogens with zero attached hydrogens (tertiary/aromatic N) is 1. The summed E-state index contributed by atoms with van der Waals surface area (Å²) in [6.07, 6.45) is 3.93.